The average Bonchev–Trinajstić information content (AvgIpc) is 2.36. The Bertz CT molecular complexity index is 90.7. The molecule has 0 spiro atoms. The summed E-state index contributed by atoms with van der Waals surface area (Å²) < 4.78 is 0. The molecule has 0 aromatic carbocycles. The molecule has 0 bridgehead atoms. The minimum Gasteiger partial charge on any atom is -0.333 e. The van der Waals surface area contributed by atoms with Gasteiger partial charge in [-0.25, -0.2) is 0 Å². The van der Waals surface area contributed by atoms with Crippen molar-refractivity contribution in [2.24, 2.45) is 0 Å². The molecule has 1 saturated heterocycles. The summed E-state index contributed by atoms with van der Waals surface area (Å²) in [5, 5.41) is 0. The molecular formula is C9H20N+. The van der Waals surface area contributed by atoms with Gasteiger partial charge in [0.1, 0.15) is 0 Å². The Hall–Kier alpha value is -0.0400. The van der Waals surface area contributed by atoms with E-state index in [1.54, 1.807) is 0 Å². The molecule has 1 heterocycles. The molecule has 1 nitrogen and oxygen atoms in total. The quantitative estimate of drug-likeness (QED) is 0.596. The largest absolute Gasteiger partial charge is 0.333 e. The van der Waals surface area contributed by atoms with E-state index in [1.807, 2.05) is 4.90 Å². The maximum atomic E-state index is 2.33. The van der Waals surface area contributed by atoms with E-state index >= 15 is 0 Å². The maximum Gasteiger partial charge on any atom is 0.0874 e. The number of rotatable bonds is 3. The van der Waals surface area contributed by atoms with Crippen molar-refractivity contribution in [3.63, 3.8) is 0 Å². The molecule has 0 saturated carbocycles. The fraction of sp³-hybridized carbons (Fsp3) is 1.00. The van der Waals surface area contributed by atoms with Crippen molar-refractivity contribution >= 4 is 0 Å². The van der Waals surface area contributed by atoms with E-state index in [9.17, 15) is 0 Å². The zero-order chi connectivity index (χ0) is 7.40. The first-order valence-electron chi connectivity index (χ1n) is 4.73. The fourth-order valence-corrected chi connectivity index (χ4v) is 2.13. The van der Waals surface area contributed by atoms with Gasteiger partial charge in [0.25, 0.3) is 0 Å². The molecule has 1 aliphatic rings. The predicted octanol–water partition coefficient (Wildman–Crippen LogP) is 0.854. The highest BCUT2D eigenvalue weighted by Crippen LogP contribution is 2.02. The molecule has 1 heteroatoms. The summed E-state index contributed by atoms with van der Waals surface area (Å²) in [6.07, 6.45) is 5.68. The predicted molar refractivity (Wildman–Crippen MR) is 44.3 cm³/mol. The van der Waals surface area contributed by atoms with Crippen LogP contribution in [0.15, 0.2) is 0 Å². The summed E-state index contributed by atoms with van der Waals surface area (Å²) in [4.78, 5) is 1.87. The van der Waals surface area contributed by atoms with Gasteiger partial charge in [-0.15, -0.1) is 0 Å². The SMILES string of the molecule is CCC[NH+]1CCCC1CC. The standard InChI is InChI=1S/C9H19N/c1-3-7-10-8-5-6-9(10)4-2/h9H,3-8H2,1-2H3/p+1. The molecule has 1 rings (SSSR count). The van der Waals surface area contributed by atoms with Crippen LogP contribution in [0.1, 0.15) is 39.5 Å². The molecule has 0 amide bonds. The number of hydrogen-bond acceptors (Lipinski definition) is 0. The molecule has 1 fully saturated rings. The Morgan fingerprint density at radius 1 is 1.40 bits per heavy atom. The highest BCUT2D eigenvalue weighted by molar-refractivity contribution is 4.59. The maximum absolute atomic E-state index is 2.33. The highest BCUT2D eigenvalue weighted by atomic mass is 15.2. The van der Waals surface area contributed by atoms with Crippen LogP contribution in [0.25, 0.3) is 0 Å². The van der Waals surface area contributed by atoms with E-state index in [2.05, 4.69) is 13.8 Å². The van der Waals surface area contributed by atoms with Gasteiger partial charge in [-0.3, -0.25) is 0 Å². The number of likely N-dealkylation sites (tertiary alicyclic amines) is 1. The van der Waals surface area contributed by atoms with Gasteiger partial charge in [-0.1, -0.05) is 13.8 Å². The minimum absolute atomic E-state index is 1.000. The summed E-state index contributed by atoms with van der Waals surface area (Å²) in [6.45, 7) is 7.45. The van der Waals surface area contributed by atoms with Crippen molar-refractivity contribution in [2.45, 2.75) is 45.6 Å². The minimum atomic E-state index is 1.000. The Labute approximate surface area is 64.4 Å². The third-order valence-electron chi connectivity index (χ3n) is 2.69. The molecule has 10 heavy (non-hydrogen) atoms. The monoisotopic (exact) mass is 142 g/mol. The summed E-state index contributed by atoms with van der Waals surface area (Å²) in [5.74, 6) is 0. The van der Waals surface area contributed by atoms with Crippen LogP contribution in [0.3, 0.4) is 0 Å². The molecule has 0 aromatic rings. The third-order valence-corrected chi connectivity index (χ3v) is 2.69. The molecule has 1 aliphatic heterocycles. The Balaban J connectivity index is 2.27. The van der Waals surface area contributed by atoms with Crippen LogP contribution in [0.5, 0.6) is 0 Å². The van der Waals surface area contributed by atoms with E-state index in [0.717, 1.165) is 6.04 Å². The van der Waals surface area contributed by atoms with Crippen molar-refractivity contribution in [1.29, 1.82) is 0 Å². The van der Waals surface area contributed by atoms with Gasteiger partial charge in [-0.2, -0.15) is 0 Å². The Kier molecular flexibility index (Phi) is 3.20. The lowest BCUT2D eigenvalue weighted by Crippen LogP contribution is -3.13. The smallest absolute Gasteiger partial charge is 0.0874 e. The second-order valence-electron chi connectivity index (χ2n) is 3.41. The molecule has 60 valence electrons. The normalized spacial score (nSPS) is 33.0. The zero-order valence-electron chi connectivity index (χ0n) is 7.32. The van der Waals surface area contributed by atoms with Crippen molar-refractivity contribution < 1.29 is 4.90 Å². The van der Waals surface area contributed by atoms with Crippen LogP contribution < -0.4 is 4.90 Å². The van der Waals surface area contributed by atoms with E-state index in [-0.39, 0.29) is 0 Å². The van der Waals surface area contributed by atoms with Gasteiger partial charge in [0.05, 0.1) is 19.1 Å². The Morgan fingerprint density at radius 2 is 2.20 bits per heavy atom. The number of hydrogen-bond donors (Lipinski definition) is 1. The van der Waals surface area contributed by atoms with Crippen LogP contribution in [0, 0.1) is 0 Å². The first-order chi connectivity index (χ1) is 4.88. The van der Waals surface area contributed by atoms with Crippen molar-refractivity contribution in [3.05, 3.63) is 0 Å². The molecular weight excluding hydrogens is 122 g/mol. The van der Waals surface area contributed by atoms with Crippen molar-refractivity contribution in [3.8, 4) is 0 Å². The summed E-state index contributed by atoms with van der Waals surface area (Å²) in [5.41, 5.74) is 0. The summed E-state index contributed by atoms with van der Waals surface area (Å²) in [6, 6.07) is 1.000. The van der Waals surface area contributed by atoms with Crippen molar-refractivity contribution in [2.75, 3.05) is 13.1 Å². The molecule has 2 unspecified atom stereocenters. The average molecular weight is 142 g/mol. The molecule has 2 atom stereocenters. The first-order valence-corrected chi connectivity index (χ1v) is 4.73. The van der Waals surface area contributed by atoms with Crippen molar-refractivity contribution in [1.82, 2.24) is 0 Å². The lowest BCUT2D eigenvalue weighted by Gasteiger charge is -2.18. The second kappa shape index (κ2) is 3.97. The van der Waals surface area contributed by atoms with Gasteiger partial charge in [0.2, 0.25) is 0 Å². The summed E-state index contributed by atoms with van der Waals surface area (Å²) >= 11 is 0. The van der Waals surface area contributed by atoms with E-state index in [0.29, 0.717) is 0 Å². The van der Waals surface area contributed by atoms with E-state index in [1.165, 1.54) is 38.8 Å². The van der Waals surface area contributed by atoms with Crippen LogP contribution in [0.4, 0.5) is 0 Å². The lowest BCUT2D eigenvalue weighted by molar-refractivity contribution is -0.912. The van der Waals surface area contributed by atoms with Crippen LogP contribution in [-0.2, 0) is 0 Å². The fourth-order valence-electron chi connectivity index (χ4n) is 2.13. The highest BCUT2D eigenvalue weighted by Gasteiger charge is 2.25. The first kappa shape index (κ1) is 8.06. The Morgan fingerprint density at radius 3 is 2.80 bits per heavy atom. The molecule has 0 radical (unpaired) electrons. The second-order valence-corrected chi connectivity index (χ2v) is 3.41. The van der Waals surface area contributed by atoms with Crippen LogP contribution in [-0.4, -0.2) is 19.1 Å². The zero-order valence-corrected chi connectivity index (χ0v) is 7.32. The van der Waals surface area contributed by atoms with Crippen LogP contribution >= 0.6 is 0 Å². The van der Waals surface area contributed by atoms with E-state index in [4.69, 9.17) is 0 Å². The molecule has 1 N–H and O–H groups in total. The summed E-state index contributed by atoms with van der Waals surface area (Å²) in [7, 11) is 0. The van der Waals surface area contributed by atoms with E-state index < -0.39 is 0 Å². The van der Waals surface area contributed by atoms with Crippen LogP contribution in [0.2, 0.25) is 0 Å². The van der Waals surface area contributed by atoms with Gasteiger partial charge in [0, 0.05) is 12.8 Å². The van der Waals surface area contributed by atoms with Gasteiger partial charge in [-0.05, 0) is 12.8 Å². The topological polar surface area (TPSA) is 4.44 Å². The van der Waals surface area contributed by atoms with Gasteiger partial charge in [0.15, 0.2) is 0 Å². The van der Waals surface area contributed by atoms with Gasteiger partial charge < -0.3 is 4.90 Å². The molecule has 0 aliphatic carbocycles. The molecule has 0 aromatic heterocycles. The third kappa shape index (κ3) is 1.72. The van der Waals surface area contributed by atoms with Gasteiger partial charge >= 0.3 is 0 Å². The lowest BCUT2D eigenvalue weighted by atomic mass is 10.2. The number of nitrogens with one attached hydrogen (secondary N) is 1. The number of quaternary nitrogens is 1.